The molecule has 11 atom stereocenters. The van der Waals surface area contributed by atoms with Gasteiger partial charge in [0.15, 0.2) is 11.5 Å². The number of allylic oxidation sites excluding steroid dienone is 2. The van der Waals surface area contributed by atoms with E-state index in [1.54, 1.807) is 6.07 Å². The largest absolute Gasteiger partial charge is 0.504 e. The van der Waals surface area contributed by atoms with Crippen LogP contribution in [0.15, 0.2) is 35.9 Å². The van der Waals surface area contributed by atoms with Gasteiger partial charge < -0.3 is 25.2 Å². The van der Waals surface area contributed by atoms with Gasteiger partial charge in [-0.3, -0.25) is 4.79 Å². The van der Waals surface area contributed by atoms with Crippen molar-refractivity contribution in [1.29, 1.82) is 0 Å². The highest BCUT2D eigenvalue weighted by molar-refractivity contribution is 5.87. The van der Waals surface area contributed by atoms with Crippen LogP contribution in [-0.4, -0.2) is 44.6 Å². The summed E-state index contributed by atoms with van der Waals surface area (Å²) in [5.41, 5.74) is 0.479. The Hall–Kier alpha value is -2.80. The minimum absolute atomic E-state index is 0.0366. The highest BCUT2D eigenvalue weighted by atomic mass is 16.6. The Morgan fingerprint density at radius 1 is 0.935 bits per heavy atom. The molecule has 0 amide bonds. The number of aromatic hydroxyl groups is 2. The normalized spacial score (nSPS) is 44.6. The molecule has 1 aromatic carbocycles. The second-order valence-electron chi connectivity index (χ2n) is 17.1. The lowest BCUT2D eigenvalue weighted by molar-refractivity contribution is -0.238. The van der Waals surface area contributed by atoms with Gasteiger partial charge in [-0.05, 0) is 121 Å². The molecule has 46 heavy (non-hydrogen) atoms. The molecule has 7 nitrogen and oxygen atoms in total. The lowest BCUT2D eigenvalue weighted by Gasteiger charge is -2.71. The number of carbonyl (C=O) groups is 2. The van der Waals surface area contributed by atoms with Gasteiger partial charge in [-0.15, -0.1) is 0 Å². The van der Waals surface area contributed by atoms with Crippen molar-refractivity contribution in [2.45, 2.75) is 112 Å². The second-order valence-corrected chi connectivity index (χ2v) is 17.1. The molecule has 0 aromatic heterocycles. The molecule has 0 radical (unpaired) electrons. The minimum atomic E-state index is -0.822. The fraction of sp³-hybridized carbons (Fsp3) is 0.692. The number of phenols is 2. The zero-order valence-corrected chi connectivity index (χ0v) is 28.7. The quantitative estimate of drug-likeness (QED) is 0.116. The second kappa shape index (κ2) is 10.9. The Morgan fingerprint density at radius 3 is 2.33 bits per heavy atom. The predicted molar refractivity (Wildman–Crippen MR) is 177 cm³/mol. The molecule has 0 heterocycles. The van der Waals surface area contributed by atoms with Gasteiger partial charge in [-0.2, -0.15) is 0 Å². The fourth-order valence-electron chi connectivity index (χ4n) is 12.2. The van der Waals surface area contributed by atoms with Gasteiger partial charge in [0.2, 0.25) is 0 Å². The van der Waals surface area contributed by atoms with E-state index in [4.69, 9.17) is 4.74 Å². The number of carbonyl (C=O) groups excluding carboxylic acids is 1. The summed E-state index contributed by atoms with van der Waals surface area (Å²) in [5.74, 6) is -0.237. The third-order valence-corrected chi connectivity index (χ3v) is 15.0. The number of carboxylic acids is 1. The molecular weight excluding hydrogens is 580 g/mol. The molecule has 4 saturated carbocycles. The number of rotatable bonds is 4. The summed E-state index contributed by atoms with van der Waals surface area (Å²) < 4.78 is 6.01. The van der Waals surface area contributed by atoms with Crippen molar-refractivity contribution in [1.82, 2.24) is 0 Å². The van der Waals surface area contributed by atoms with Gasteiger partial charge in [-0.25, -0.2) is 4.79 Å². The van der Waals surface area contributed by atoms with E-state index in [9.17, 15) is 30.0 Å². The molecule has 0 bridgehead atoms. The van der Waals surface area contributed by atoms with E-state index in [1.807, 2.05) is 0 Å². The number of esters is 1. The number of aliphatic hydroxyl groups is 1. The fourth-order valence-corrected chi connectivity index (χ4v) is 12.2. The Labute approximate surface area is 274 Å². The molecular formula is C39H54O7. The van der Waals surface area contributed by atoms with E-state index < -0.39 is 35.0 Å². The molecule has 0 saturated heterocycles. The summed E-state index contributed by atoms with van der Waals surface area (Å²) in [4.78, 5) is 26.0. The molecule has 5 aliphatic rings. The molecule has 1 aromatic rings. The van der Waals surface area contributed by atoms with Crippen molar-refractivity contribution in [3.63, 3.8) is 0 Å². The number of aliphatic carboxylic acids is 1. The van der Waals surface area contributed by atoms with Gasteiger partial charge >= 0.3 is 11.9 Å². The van der Waals surface area contributed by atoms with Crippen molar-refractivity contribution < 1.29 is 34.8 Å². The average molecular weight is 635 g/mol. The van der Waals surface area contributed by atoms with Crippen LogP contribution in [0.25, 0.3) is 6.08 Å². The Morgan fingerprint density at radius 2 is 1.65 bits per heavy atom. The van der Waals surface area contributed by atoms with Crippen molar-refractivity contribution in [3.8, 4) is 11.5 Å². The lowest BCUT2D eigenvalue weighted by atomic mass is 9.33. The lowest BCUT2D eigenvalue weighted by Crippen LogP contribution is -2.67. The maximum atomic E-state index is 13.0. The van der Waals surface area contributed by atoms with Crippen LogP contribution in [0.5, 0.6) is 11.5 Å². The Bertz CT molecular complexity index is 1480. The van der Waals surface area contributed by atoms with Crippen LogP contribution in [0.1, 0.15) is 105 Å². The van der Waals surface area contributed by atoms with Crippen LogP contribution in [0.4, 0.5) is 0 Å². The first-order valence-electron chi connectivity index (χ1n) is 17.4. The minimum Gasteiger partial charge on any atom is -0.504 e. The number of fused-ring (bicyclic) bond motifs is 7. The molecule has 1 unspecified atom stereocenters. The number of phenolic OH excluding ortho intramolecular Hbond substituents is 2. The summed E-state index contributed by atoms with van der Waals surface area (Å²) in [7, 11) is 0. The Kier molecular flexibility index (Phi) is 7.82. The van der Waals surface area contributed by atoms with E-state index in [2.05, 4.69) is 54.5 Å². The van der Waals surface area contributed by atoms with E-state index in [-0.39, 0.29) is 39.6 Å². The van der Waals surface area contributed by atoms with Crippen molar-refractivity contribution in [2.75, 3.05) is 0 Å². The molecule has 6 rings (SSSR count). The van der Waals surface area contributed by atoms with E-state index >= 15 is 0 Å². The number of hydrogen-bond acceptors (Lipinski definition) is 6. The molecule has 0 aliphatic heterocycles. The van der Waals surface area contributed by atoms with Crippen LogP contribution in [0.2, 0.25) is 0 Å². The number of ether oxygens (including phenoxy) is 1. The van der Waals surface area contributed by atoms with E-state index in [0.29, 0.717) is 29.7 Å². The first kappa shape index (κ1) is 33.1. The molecule has 5 aliphatic carbocycles. The SMILES string of the molecule is C[C@H]1[C@H](C)CC[C@]2(C(=O)O)CC[C@]3(C)C(=CC[C@@H]4[C@@]5(C)C[C@@H](O)[C@H](OC(=O)/C=C\c6ccc(O)c(O)c6)C(C)(C)C5CC[C@]43C)[C@H]12. The molecule has 4 N–H and O–H groups in total. The third-order valence-electron chi connectivity index (χ3n) is 15.0. The van der Waals surface area contributed by atoms with Crippen LogP contribution >= 0.6 is 0 Å². The molecule has 0 spiro atoms. The van der Waals surface area contributed by atoms with Gasteiger partial charge in [0.25, 0.3) is 0 Å². The topological polar surface area (TPSA) is 124 Å². The third kappa shape index (κ3) is 4.53. The zero-order chi connectivity index (χ0) is 33.6. The number of benzene rings is 1. The van der Waals surface area contributed by atoms with Gasteiger partial charge in [0.1, 0.15) is 6.10 Å². The summed E-state index contributed by atoms with van der Waals surface area (Å²) in [5, 5.41) is 41.8. The van der Waals surface area contributed by atoms with Crippen molar-refractivity contribution in [3.05, 3.63) is 41.5 Å². The van der Waals surface area contributed by atoms with Gasteiger partial charge in [-0.1, -0.05) is 66.2 Å². The maximum Gasteiger partial charge on any atom is 0.331 e. The smallest absolute Gasteiger partial charge is 0.331 e. The van der Waals surface area contributed by atoms with E-state index in [0.717, 1.165) is 44.9 Å². The maximum absolute atomic E-state index is 13.0. The number of hydrogen-bond donors (Lipinski definition) is 4. The van der Waals surface area contributed by atoms with Crippen molar-refractivity contribution in [2.24, 2.45) is 56.7 Å². The van der Waals surface area contributed by atoms with Crippen LogP contribution < -0.4 is 0 Å². The molecule has 252 valence electrons. The summed E-state index contributed by atoms with van der Waals surface area (Å²) in [6.45, 7) is 16.1. The molecule has 7 heteroatoms. The monoisotopic (exact) mass is 634 g/mol. The van der Waals surface area contributed by atoms with E-state index in [1.165, 1.54) is 29.9 Å². The summed E-state index contributed by atoms with van der Waals surface area (Å²) >= 11 is 0. The van der Waals surface area contributed by atoms with Crippen LogP contribution in [0.3, 0.4) is 0 Å². The van der Waals surface area contributed by atoms with Crippen LogP contribution in [-0.2, 0) is 14.3 Å². The Balaban J connectivity index is 1.29. The van der Waals surface area contributed by atoms with Crippen molar-refractivity contribution >= 4 is 18.0 Å². The molecule has 4 fully saturated rings. The highest BCUT2D eigenvalue weighted by Crippen LogP contribution is 2.75. The first-order chi connectivity index (χ1) is 21.4. The van der Waals surface area contributed by atoms with Crippen LogP contribution in [0, 0.1) is 56.7 Å². The summed E-state index contributed by atoms with van der Waals surface area (Å²) in [6, 6.07) is 4.33. The standard InChI is InChI=1S/C39H54O7/c1-22-14-17-39(34(44)45)19-18-37(6)25(32(39)23(22)2)10-12-30-36(5)21-28(42)33(35(3,4)29(36)15-16-38(30,37)7)46-31(43)13-9-24-8-11-26(40)27(41)20-24/h8-11,13,20,22-23,28-30,32-33,40-42H,12,14-19,21H2,1-7H3,(H,44,45)/b13-9-/t22-,23+,28-,29?,30-,32+,33+,36+,37-,38-,39+/m1/s1. The predicted octanol–water partition coefficient (Wildman–Crippen LogP) is 7.74. The van der Waals surface area contributed by atoms with Gasteiger partial charge in [0, 0.05) is 11.5 Å². The highest BCUT2D eigenvalue weighted by Gasteiger charge is 2.70. The first-order valence-corrected chi connectivity index (χ1v) is 17.4. The average Bonchev–Trinajstić information content (AvgIpc) is 2.97. The summed E-state index contributed by atoms with van der Waals surface area (Å²) in [6.07, 6.45) is 10.6. The number of carboxylic acid groups (broad SMARTS) is 1. The zero-order valence-electron chi connectivity index (χ0n) is 28.7. The van der Waals surface area contributed by atoms with Gasteiger partial charge in [0.05, 0.1) is 11.5 Å². The number of aliphatic hydroxyl groups excluding tert-OH is 1.